The molecule has 2 aromatic rings. The summed E-state index contributed by atoms with van der Waals surface area (Å²) in [6.07, 6.45) is 2.60. The first-order valence-electron chi connectivity index (χ1n) is 9.52. The van der Waals surface area contributed by atoms with Gasteiger partial charge in [0.15, 0.2) is 0 Å². The average molecular weight is 414 g/mol. The van der Waals surface area contributed by atoms with Gasteiger partial charge in [0, 0.05) is 5.92 Å². The number of nitrogens with zero attached hydrogens (tertiary/aromatic N) is 4. The predicted molar refractivity (Wildman–Crippen MR) is 106 cm³/mol. The van der Waals surface area contributed by atoms with E-state index in [0.29, 0.717) is 17.5 Å². The summed E-state index contributed by atoms with van der Waals surface area (Å²) in [5.74, 6) is 0.340. The van der Waals surface area contributed by atoms with Gasteiger partial charge >= 0.3 is 6.03 Å². The van der Waals surface area contributed by atoms with E-state index < -0.39 is 23.4 Å². The highest BCUT2D eigenvalue weighted by atomic mass is 32.2. The van der Waals surface area contributed by atoms with Crippen LogP contribution in [0.2, 0.25) is 0 Å². The van der Waals surface area contributed by atoms with Gasteiger partial charge in [-0.15, -0.1) is 5.10 Å². The van der Waals surface area contributed by atoms with Crippen molar-refractivity contribution in [1.82, 2.24) is 30.5 Å². The molecule has 4 amide bonds. The Morgan fingerprint density at radius 3 is 2.66 bits per heavy atom. The Kier molecular flexibility index (Phi) is 5.03. The zero-order chi connectivity index (χ0) is 20.6. The van der Waals surface area contributed by atoms with E-state index in [2.05, 4.69) is 20.8 Å². The zero-order valence-corrected chi connectivity index (χ0v) is 17.0. The molecule has 1 aliphatic carbocycles. The minimum Gasteiger partial charge on any atom is -0.322 e. The SMILES string of the molecule is CCC1(C)NC(=O)N(NC(=O)CSc2nc(C3CC3)n(-c3ccccc3)n2)C1=O. The lowest BCUT2D eigenvalue weighted by molar-refractivity contribution is -0.137. The number of carbonyl (C=O) groups is 3. The predicted octanol–water partition coefficient (Wildman–Crippen LogP) is 1.99. The van der Waals surface area contributed by atoms with Crippen molar-refractivity contribution in [2.75, 3.05) is 5.75 Å². The molecule has 0 radical (unpaired) electrons. The van der Waals surface area contributed by atoms with Gasteiger partial charge in [-0.1, -0.05) is 36.9 Å². The van der Waals surface area contributed by atoms with E-state index in [1.165, 1.54) is 11.8 Å². The molecule has 0 bridgehead atoms. The fraction of sp³-hybridized carbons (Fsp3) is 0.421. The number of urea groups is 1. The van der Waals surface area contributed by atoms with Crippen molar-refractivity contribution in [2.24, 2.45) is 0 Å². The van der Waals surface area contributed by atoms with E-state index >= 15 is 0 Å². The maximum atomic E-state index is 12.4. The van der Waals surface area contributed by atoms with Crippen LogP contribution < -0.4 is 10.7 Å². The second-order valence-electron chi connectivity index (χ2n) is 7.35. The van der Waals surface area contributed by atoms with Gasteiger partial charge in [-0.05, 0) is 38.3 Å². The standard InChI is InChI=1S/C19H22N6O3S/c1-3-19(2)16(27)25(18(28)21-19)22-14(26)11-29-17-20-15(12-9-10-12)24(23-17)13-7-5-4-6-8-13/h4-8,12H,3,9-11H2,1-2H3,(H,21,28)(H,22,26). The summed E-state index contributed by atoms with van der Waals surface area (Å²) in [5.41, 5.74) is 2.31. The van der Waals surface area contributed by atoms with Gasteiger partial charge in [-0.3, -0.25) is 15.0 Å². The maximum Gasteiger partial charge on any atom is 0.344 e. The molecule has 1 atom stereocenters. The second-order valence-corrected chi connectivity index (χ2v) is 8.30. The van der Waals surface area contributed by atoms with E-state index in [0.717, 1.165) is 29.4 Å². The summed E-state index contributed by atoms with van der Waals surface area (Å²) in [5, 5.41) is 8.37. The van der Waals surface area contributed by atoms with Crippen molar-refractivity contribution in [3.05, 3.63) is 36.2 Å². The molecular formula is C19H22N6O3S. The van der Waals surface area contributed by atoms with Crippen LogP contribution in [0.5, 0.6) is 0 Å². The van der Waals surface area contributed by atoms with Gasteiger partial charge < -0.3 is 5.32 Å². The average Bonchev–Trinajstić information content (AvgIpc) is 3.45. The molecule has 1 saturated carbocycles. The topological polar surface area (TPSA) is 109 Å². The van der Waals surface area contributed by atoms with Gasteiger partial charge in [-0.2, -0.15) is 5.01 Å². The molecular weight excluding hydrogens is 392 g/mol. The Labute approximate surface area is 172 Å². The number of imide groups is 1. The van der Waals surface area contributed by atoms with Gasteiger partial charge in [-0.25, -0.2) is 14.5 Å². The third-order valence-corrected chi connectivity index (χ3v) is 5.93. The first-order chi connectivity index (χ1) is 13.9. The lowest BCUT2D eigenvalue weighted by Gasteiger charge is -2.19. The van der Waals surface area contributed by atoms with E-state index in [-0.39, 0.29) is 5.75 Å². The molecule has 4 rings (SSSR count). The fourth-order valence-corrected chi connectivity index (χ4v) is 3.67. The number of amides is 4. The molecule has 2 aliphatic rings. The summed E-state index contributed by atoms with van der Waals surface area (Å²) in [6.45, 7) is 3.43. The van der Waals surface area contributed by atoms with Crippen molar-refractivity contribution in [2.45, 2.75) is 49.7 Å². The van der Waals surface area contributed by atoms with E-state index in [1.807, 2.05) is 35.0 Å². The molecule has 0 spiro atoms. The normalized spacial score (nSPS) is 21.4. The molecule has 1 aromatic carbocycles. The maximum absolute atomic E-state index is 12.4. The highest BCUT2D eigenvalue weighted by Crippen LogP contribution is 2.40. The highest BCUT2D eigenvalue weighted by molar-refractivity contribution is 7.99. The zero-order valence-electron chi connectivity index (χ0n) is 16.2. The summed E-state index contributed by atoms with van der Waals surface area (Å²) in [7, 11) is 0. The van der Waals surface area contributed by atoms with Crippen molar-refractivity contribution in [1.29, 1.82) is 0 Å². The number of nitrogens with one attached hydrogen (secondary N) is 2. The third-order valence-electron chi connectivity index (χ3n) is 5.09. The largest absolute Gasteiger partial charge is 0.344 e. The summed E-state index contributed by atoms with van der Waals surface area (Å²) in [4.78, 5) is 41.3. The second kappa shape index (κ2) is 7.51. The number of rotatable bonds is 7. The Bertz CT molecular complexity index is 958. The lowest BCUT2D eigenvalue weighted by atomic mass is 10.00. The molecule has 2 heterocycles. The lowest BCUT2D eigenvalue weighted by Crippen LogP contribution is -2.49. The minimum absolute atomic E-state index is 0.0111. The molecule has 2 fully saturated rings. The molecule has 9 nitrogen and oxygen atoms in total. The monoisotopic (exact) mass is 414 g/mol. The van der Waals surface area contributed by atoms with Gasteiger partial charge in [0.25, 0.3) is 5.91 Å². The van der Waals surface area contributed by atoms with Crippen molar-refractivity contribution < 1.29 is 14.4 Å². The fourth-order valence-electron chi connectivity index (χ4n) is 3.04. The van der Waals surface area contributed by atoms with Crippen LogP contribution in [0.25, 0.3) is 5.69 Å². The van der Waals surface area contributed by atoms with Gasteiger partial charge in [0.2, 0.25) is 11.1 Å². The first kappa shape index (κ1) is 19.4. The summed E-state index contributed by atoms with van der Waals surface area (Å²) < 4.78 is 1.82. The Balaban J connectivity index is 1.41. The molecule has 2 N–H and O–H groups in total. The number of para-hydroxylation sites is 1. The van der Waals surface area contributed by atoms with Crippen LogP contribution in [0, 0.1) is 0 Å². The smallest absolute Gasteiger partial charge is 0.322 e. The molecule has 1 saturated heterocycles. The van der Waals surface area contributed by atoms with Crippen LogP contribution in [0.15, 0.2) is 35.5 Å². The molecule has 1 aromatic heterocycles. The molecule has 29 heavy (non-hydrogen) atoms. The number of aromatic nitrogens is 3. The summed E-state index contributed by atoms with van der Waals surface area (Å²) in [6, 6.07) is 9.12. The Morgan fingerprint density at radius 1 is 1.31 bits per heavy atom. The Morgan fingerprint density at radius 2 is 2.03 bits per heavy atom. The van der Waals surface area contributed by atoms with E-state index in [1.54, 1.807) is 13.8 Å². The van der Waals surface area contributed by atoms with Crippen molar-refractivity contribution in [3.8, 4) is 5.69 Å². The first-order valence-corrected chi connectivity index (χ1v) is 10.5. The molecule has 1 aliphatic heterocycles. The molecule has 1 unspecified atom stereocenters. The van der Waals surface area contributed by atoms with Gasteiger partial charge in [0.05, 0.1) is 11.4 Å². The number of benzene rings is 1. The number of hydrogen-bond acceptors (Lipinski definition) is 6. The third kappa shape index (κ3) is 3.84. The van der Waals surface area contributed by atoms with Crippen LogP contribution >= 0.6 is 11.8 Å². The highest BCUT2D eigenvalue weighted by Gasteiger charge is 2.47. The molecule has 152 valence electrons. The van der Waals surface area contributed by atoms with Crippen LogP contribution in [0.4, 0.5) is 4.79 Å². The van der Waals surface area contributed by atoms with E-state index in [9.17, 15) is 14.4 Å². The van der Waals surface area contributed by atoms with Gasteiger partial charge in [0.1, 0.15) is 11.4 Å². The van der Waals surface area contributed by atoms with Crippen LogP contribution in [-0.4, -0.2) is 48.9 Å². The van der Waals surface area contributed by atoms with Crippen LogP contribution in [0.1, 0.15) is 44.9 Å². The van der Waals surface area contributed by atoms with Crippen molar-refractivity contribution >= 4 is 29.6 Å². The number of hydrazine groups is 1. The quantitative estimate of drug-likeness (QED) is 0.530. The van der Waals surface area contributed by atoms with E-state index in [4.69, 9.17) is 0 Å². The van der Waals surface area contributed by atoms with Crippen LogP contribution in [-0.2, 0) is 9.59 Å². The minimum atomic E-state index is -0.993. The number of thioether (sulfide) groups is 1. The van der Waals surface area contributed by atoms with Crippen molar-refractivity contribution in [3.63, 3.8) is 0 Å². The molecule has 10 heteroatoms. The summed E-state index contributed by atoms with van der Waals surface area (Å²) >= 11 is 1.17. The van der Waals surface area contributed by atoms with Crippen LogP contribution in [0.3, 0.4) is 0 Å². The number of hydrogen-bond donors (Lipinski definition) is 2. The Hall–Kier alpha value is -2.88. The number of carbonyl (C=O) groups excluding carboxylic acids is 3.